The number of benzene rings is 2. The molecule has 31 heavy (non-hydrogen) atoms. The van der Waals surface area contributed by atoms with Crippen LogP contribution in [0.2, 0.25) is 0 Å². The molecule has 162 valence electrons. The second kappa shape index (κ2) is 7.97. The highest BCUT2D eigenvalue weighted by molar-refractivity contribution is 7.89. The number of carbonyl (C=O) groups excluding carboxylic acids is 1. The van der Waals surface area contributed by atoms with Crippen LogP contribution in [0.25, 0.3) is 10.9 Å². The van der Waals surface area contributed by atoms with Crippen molar-refractivity contribution in [2.24, 2.45) is 0 Å². The molecule has 6 nitrogen and oxygen atoms in total. The highest BCUT2D eigenvalue weighted by Gasteiger charge is 2.33. The Labute approximate surface area is 179 Å². The zero-order valence-electron chi connectivity index (χ0n) is 17.1. The molecular weight excluding hydrogens is 424 g/mol. The topological polar surface area (TPSA) is 70.6 Å². The highest BCUT2D eigenvalue weighted by atomic mass is 32.2. The predicted octanol–water partition coefficient (Wildman–Crippen LogP) is 3.28. The van der Waals surface area contributed by atoms with Gasteiger partial charge >= 0.3 is 0 Å². The number of pyridine rings is 1. The SMILES string of the molecule is Cc1ccc2nc(C)cc(C(=O)N3CCN(S(=O)(=O)c4cc(F)ccc4F)CC3)c2c1. The number of amides is 1. The van der Waals surface area contributed by atoms with Crippen molar-refractivity contribution in [3.05, 3.63) is 70.9 Å². The van der Waals surface area contributed by atoms with E-state index in [-0.39, 0.29) is 32.1 Å². The van der Waals surface area contributed by atoms with Gasteiger partial charge in [-0.2, -0.15) is 4.31 Å². The van der Waals surface area contributed by atoms with Crippen molar-refractivity contribution in [1.29, 1.82) is 0 Å². The van der Waals surface area contributed by atoms with Crippen molar-refractivity contribution in [2.75, 3.05) is 26.2 Å². The minimum atomic E-state index is -4.21. The molecule has 0 aliphatic carbocycles. The number of hydrogen-bond donors (Lipinski definition) is 0. The summed E-state index contributed by atoms with van der Waals surface area (Å²) in [4.78, 5) is 18.6. The summed E-state index contributed by atoms with van der Waals surface area (Å²) in [5.74, 6) is -2.05. The van der Waals surface area contributed by atoms with Gasteiger partial charge in [0.05, 0.1) is 11.1 Å². The van der Waals surface area contributed by atoms with Crippen LogP contribution in [0.1, 0.15) is 21.6 Å². The second-order valence-electron chi connectivity index (χ2n) is 7.60. The molecule has 3 aromatic rings. The van der Waals surface area contributed by atoms with E-state index >= 15 is 0 Å². The van der Waals surface area contributed by atoms with Crippen LogP contribution in [-0.4, -0.2) is 54.7 Å². The molecule has 1 amide bonds. The Hall–Kier alpha value is -2.91. The lowest BCUT2D eigenvalue weighted by atomic mass is 10.0. The standard InChI is InChI=1S/C22H21F2N3O3S/c1-14-3-6-20-17(11-14)18(12-15(2)25-20)22(28)26-7-9-27(10-8-26)31(29,30)21-13-16(23)4-5-19(21)24/h3-6,11-13H,7-10H2,1-2H3. The third kappa shape index (κ3) is 4.03. The van der Waals surface area contributed by atoms with Crippen molar-refractivity contribution in [3.8, 4) is 0 Å². The number of nitrogens with zero attached hydrogens (tertiary/aromatic N) is 3. The van der Waals surface area contributed by atoms with Gasteiger partial charge in [-0.05, 0) is 50.2 Å². The van der Waals surface area contributed by atoms with E-state index in [0.29, 0.717) is 17.3 Å². The molecule has 0 bridgehead atoms. The molecule has 1 saturated heterocycles. The van der Waals surface area contributed by atoms with Crippen LogP contribution in [0.5, 0.6) is 0 Å². The largest absolute Gasteiger partial charge is 0.336 e. The maximum Gasteiger partial charge on any atom is 0.254 e. The van der Waals surface area contributed by atoms with Gasteiger partial charge in [0.2, 0.25) is 10.0 Å². The van der Waals surface area contributed by atoms with Gasteiger partial charge in [0.1, 0.15) is 16.5 Å². The zero-order valence-corrected chi connectivity index (χ0v) is 17.9. The first-order valence-electron chi connectivity index (χ1n) is 9.79. The summed E-state index contributed by atoms with van der Waals surface area (Å²) < 4.78 is 54.1. The van der Waals surface area contributed by atoms with Gasteiger partial charge in [0.15, 0.2) is 0 Å². The van der Waals surface area contributed by atoms with E-state index in [9.17, 15) is 22.0 Å². The molecule has 1 aromatic heterocycles. The normalized spacial score (nSPS) is 15.4. The van der Waals surface area contributed by atoms with E-state index in [2.05, 4.69) is 4.98 Å². The fourth-order valence-corrected chi connectivity index (χ4v) is 5.26. The van der Waals surface area contributed by atoms with E-state index in [1.54, 1.807) is 11.0 Å². The van der Waals surface area contributed by atoms with E-state index in [1.807, 2.05) is 32.0 Å². The summed E-state index contributed by atoms with van der Waals surface area (Å²) >= 11 is 0. The molecule has 4 rings (SSSR count). The third-order valence-electron chi connectivity index (χ3n) is 5.36. The summed E-state index contributed by atoms with van der Waals surface area (Å²) in [5, 5.41) is 0.743. The van der Waals surface area contributed by atoms with Crippen LogP contribution in [0.4, 0.5) is 8.78 Å². The molecule has 1 fully saturated rings. The number of hydrogen-bond acceptors (Lipinski definition) is 4. The Kier molecular flexibility index (Phi) is 5.49. The third-order valence-corrected chi connectivity index (χ3v) is 7.27. The van der Waals surface area contributed by atoms with Crippen molar-refractivity contribution in [3.63, 3.8) is 0 Å². The number of piperazine rings is 1. The van der Waals surface area contributed by atoms with Crippen LogP contribution in [0.15, 0.2) is 47.4 Å². The Morgan fingerprint density at radius 2 is 1.68 bits per heavy atom. The fourth-order valence-electron chi connectivity index (χ4n) is 3.76. The quantitative estimate of drug-likeness (QED) is 0.621. The first-order chi connectivity index (χ1) is 14.7. The molecule has 2 heterocycles. The van der Waals surface area contributed by atoms with Gasteiger partial charge in [-0.3, -0.25) is 9.78 Å². The van der Waals surface area contributed by atoms with Gasteiger partial charge < -0.3 is 4.90 Å². The number of aromatic nitrogens is 1. The molecule has 0 spiro atoms. The molecule has 0 radical (unpaired) electrons. The number of fused-ring (bicyclic) bond motifs is 1. The Morgan fingerprint density at radius 1 is 0.968 bits per heavy atom. The van der Waals surface area contributed by atoms with Crippen LogP contribution in [-0.2, 0) is 10.0 Å². The first-order valence-corrected chi connectivity index (χ1v) is 11.2. The highest BCUT2D eigenvalue weighted by Crippen LogP contribution is 2.24. The fraction of sp³-hybridized carbons (Fsp3) is 0.273. The van der Waals surface area contributed by atoms with Crippen molar-refractivity contribution in [2.45, 2.75) is 18.7 Å². The molecule has 0 unspecified atom stereocenters. The van der Waals surface area contributed by atoms with Crippen LogP contribution >= 0.6 is 0 Å². The molecular formula is C22H21F2N3O3S. The van der Waals surface area contributed by atoms with E-state index < -0.39 is 26.6 Å². The number of halogens is 2. The lowest BCUT2D eigenvalue weighted by molar-refractivity contribution is 0.0699. The minimum absolute atomic E-state index is 0.00888. The number of rotatable bonds is 3. The number of carbonyl (C=O) groups is 1. The molecule has 0 atom stereocenters. The summed E-state index contributed by atoms with van der Waals surface area (Å²) in [7, 11) is -4.21. The average Bonchev–Trinajstić information content (AvgIpc) is 2.74. The van der Waals surface area contributed by atoms with Crippen LogP contribution in [0, 0.1) is 25.5 Å². The average molecular weight is 445 g/mol. The summed E-state index contributed by atoms with van der Waals surface area (Å²) in [6, 6.07) is 9.77. The van der Waals surface area contributed by atoms with Gasteiger partial charge in [0.25, 0.3) is 5.91 Å². The Balaban J connectivity index is 1.57. The van der Waals surface area contributed by atoms with E-state index in [0.717, 1.165) is 32.9 Å². The maximum atomic E-state index is 14.0. The monoisotopic (exact) mass is 445 g/mol. The molecule has 1 aliphatic rings. The molecule has 0 N–H and O–H groups in total. The smallest absolute Gasteiger partial charge is 0.254 e. The van der Waals surface area contributed by atoms with Crippen LogP contribution in [0.3, 0.4) is 0 Å². The van der Waals surface area contributed by atoms with Gasteiger partial charge in [-0.25, -0.2) is 17.2 Å². The minimum Gasteiger partial charge on any atom is -0.336 e. The van der Waals surface area contributed by atoms with E-state index in [1.165, 1.54) is 0 Å². The summed E-state index contributed by atoms with van der Waals surface area (Å²) in [6.45, 7) is 4.01. The predicted molar refractivity (Wildman–Crippen MR) is 112 cm³/mol. The zero-order chi connectivity index (χ0) is 22.3. The van der Waals surface area contributed by atoms with Gasteiger partial charge in [-0.15, -0.1) is 0 Å². The molecule has 1 aliphatic heterocycles. The van der Waals surface area contributed by atoms with Crippen molar-refractivity contribution < 1.29 is 22.0 Å². The number of aryl methyl sites for hydroxylation is 2. The molecule has 2 aromatic carbocycles. The van der Waals surface area contributed by atoms with E-state index in [4.69, 9.17) is 0 Å². The summed E-state index contributed by atoms with van der Waals surface area (Å²) in [5.41, 5.74) is 2.94. The lowest BCUT2D eigenvalue weighted by Crippen LogP contribution is -2.50. The van der Waals surface area contributed by atoms with Gasteiger partial charge in [-0.1, -0.05) is 11.6 Å². The number of sulfonamides is 1. The van der Waals surface area contributed by atoms with Crippen molar-refractivity contribution in [1.82, 2.24) is 14.2 Å². The summed E-state index contributed by atoms with van der Waals surface area (Å²) in [6.07, 6.45) is 0. The maximum absolute atomic E-state index is 14.0. The molecule has 9 heteroatoms. The molecule has 0 saturated carbocycles. The van der Waals surface area contributed by atoms with Crippen LogP contribution < -0.4 is 0 Å². The Bertz CT molecular complexity index is 1290. The van der Waals surface area contributed by atoms with Crippen molar-refractivity contribution >= 4 is 26.8 Å². The second-order valence-corrected chi connectivity index (χ2v) is 9.51. The Morgan fingerprint density at radius 3 is 2.39 bits per heavy atom. The van der Waals surface area contributed by atoms with Gasteiger partial charge in [0, 0.05) is 37.3 Å². The lowest BCUT2D eigenvalue weighted by Gasteiger charge is -2.34. The first kappa shape index (κ1) is 21.3.